The predicted molar refractivity (Wildman–Crippen MR) is 122 cm³/mol. The SMILES string of the molecule is O=C(NCc1ccc(F)cc1)c1nn(-c2cccc(C(F)(F)F)c2)c(=O)n(Cc2ccc(F)cc2)c1=O. The minimum atomic E-state index is -4.72. The van der Waals surface area contributed by atoms with Gasteiger partial charge in [0.2, 0.25) is 5.69 Å². The summed E-state index contributed by atoms with van der Waals surface area (Å²) in [5, 5.41) is 6.21. The summed E-state index contributed by atoms with van der Waals surface area (Å²) in [6.07, 6.45) is -4.72. The summed E-state index contributed by atoms with van der Waals surface area (Å²) < 4.78 is 67.4. The minimum Gasteiger partial charge on any atom is -0.346 e. The Balaban J connectivity index is 1.80. The van der Waals surface area contributed by atoms with Crippen molar-refractivity contribution in [3.63, 3.8) is 0 Å². The zero-order valence-corrected chi connectivity index (χ0v) is 18.8. The molecule has 1 heterocycles. The van der Waals surface area contributed by atoms with Gasteiger partial charge in [0.25, 0.3) is 11.5 Å². The first kappa shape index (κ1) is 25.5. The predicted octanol–water partition coefficient (Wildman–Crippen LogP) is 3.67. The lowest BCUT2D eigenvalue weighted by atomic mass is 10.2. The molecule has 37 heavy (non-hydrogen) atoms. The average Bonchev–Trinajstić information content (AvgIpc) is 2.87. The van der Waals surface area contributed by atoms with E-state index in [4.69, 9.17) is 0 Å². The molecule has 1 aromatic heterocycles. The molecule has 4 rings (SSSR count). The Hall–Kier alpha value is -4.61. The molecule has 0 bridgehead atoms. The van der Waals surface area contributed by atoms with Crippen molar-refractivity contribution in [2.24, 2.45) is 0 Å². The fourth-order valence-corrected chi connectivity index (χ4v) is 3.42. The van der Waals surface area contributed by atoms with Crippen LogP contribution < -0.4 is 16.6 Å². The third-order valence-corrected chi connectivity index (χ3v) is 5.31. The largest absolute Gasteiger partial charge is 0.416 e. The van der Waals surface area contributed by atoms with Crippen molar-refractivity contribution in [1.82, 2.24) is 19.7 Å². The van der Waals surface area contributed by atoms with Crippen LogP contribution in [0, 0.1) is 11.6 Å². The van der Waals surface area contributed by atoms with E-state index in [0.717, 1.165) is 30.3 Å². The molecule has 12 heteroatoms. The second-order valence-corrected chi connectivity index (χ2v) is 7.92. The number of carbonyl (C=O) groups excluding carboxylic acids is 1. The first-order chi connectivity index (χ1) is 17.5. The molecule has 0 saturated heterocycles. The Morgan fingerprint density at radius 2 is 1.46 bits per heavy atom. The van der Waals surface area contributed by atoms with Gasteiger partial charge in [-0.1, -0.05) is 30.3 Å². The normalized spacial score (nSPS) is 11.4. The van der Waals surface area contributed by atoms with Crippen LogP contribution in [-0.2, 0) is 19.3 Å². The standard InChI is InChI=1S/C25H17F5N4O3/c26-18-8-4-15(5-9-18)13-31-22(35)21-23(36)33(14-16-6-10-19(27)11-7-16)24(37)34(32-21)20-3-1-2-17(12-20)25(28,29)30/h1-12H,13-14H2,(H,31,35). The maximum Gasteiger partial charge on any atom is 0.416 e. The van der Waals surface area contributed by atoms with E-state index in [1.807, 2.05) is 0 Å². The van der Waals surface area contributed by atoms with Crippen molar-refractivity contribution in [1.29, 1.82) is 0 Å². The van der Waals surface area contributed by atoms with Gasteiger partial charge in [0, 0.05) is 6.54 Å². The van der Waals surface area contributed by atoms with Crippen LogP contribution in [-0.4, -0.2) is 20.3 Å². The molecule has 0 aliphatic rings. The summed E-state index contributed by atoms with van der Waals surface area (Å²) in [5.41, 5.74) is -3.57. The van der Waals surface area contributed by atoms with Crippen LogP contribution >= 0.6 is 0 Å². The van der Waals surface area contributed by atoms with Crippen LogP contribution in [0.15, 0.2) is 82.4 Å². The van der Waals surface area contributed by atoms with E-state index in [-0.39, 0.29) is 12.2 Å². The Morgan fingerprint density at radius 3 is 2.05 bits per heavy atom. The van der Waals surface area contributed by atoms with E-state index < -0.39 is 52.8 Å². The molecule has 4 aromatic rings. The molecule has 0 spiro atoms. The van der Waals surface area contributed by atoms with E-state index >= 15 is 0 Å². The molecule has 190 valence electrons. The molecular weight excluding hydrogens is 499 g/mol. The molecule has 3 aromatic carbocycles. The lowest BCUT2D eigenvalue weighted by Gasteiger charge is -2.14. The van der Waals surface area contributed by atoms with Crippen LogP contribution in [0.5, 0.6) is 0 Å². The second kappa shape index (κ2) is 10.2. The summed E-state index contributed by atoms with van der Waals surface area (Å²) in [4.78, 5) is 39.1. The molecule has 0 unspecified atom stereocenters. The third kappa shape index (κ3) is 5.80. The van der Waals surface area contributed by atoms with Crippen LogP contribution in [0.2, 0.25) is 0 Å². The molecule has 0 aliphatic heterocycles. The quantitative estimate of drug-likeness (QED) is 0.397. The van der Waals surface area contributed by atoms with Gasteiger partial charge < -0.3 is 5.32 Å². The van der Waals surface area contributed by atoms with Crippen LogP contribution in [0.25, 0.3) is 5.69 Å². The van der Waals surface area contributed by atoms with E-state index in [2.05, 4.69) is 10.4 Å². The van der Waals surface area contributed by atoms with E-state index in [0.29, 0.717) is 26.4 Å². The summed E-state index contributed by atoms with van der Waals surface area (Å²) in [6.45, 7) is -0.529. The molecule has 0 fully saturated rings. The topological polar surface area (TPSA) is 86.0 Å². The van der Waals surface area contributed by atoms with Crippen molar-refractivity contribution in [3.8, 4) is 5.69 Å². The number of halogens is 5. The van der Waals surface area contributed by atoms with Gasteiger partial charge in [-0.2, -0.15) is 23.0 Å². The lowest BCUT2D eigenvalue weighted by Crippen LogP contribution is -2.46. The van der Waals surface area contributed by atoms with Crippen molar-refractivity contribution in [3.05, 3.63) is 128 Å². The van der Waals surface area contributed by atoms with Gasteiger partial charge in [-0.25, -0.2) is 13.6 Å². The Morgan fingerprint density at radius 1 is 0.865 bits per heavy atom. The minimum absolute atomic E-state index is 0.124. The number of nitrogens with zero attached hydrogens (tertiary/aromatic N) is 3. The van der Waals surface area contributed by atoms with Crippen molar-refractivity contribution < 1.29 is 26.7 Å². The number of carbonyl (C=O) groups is 1. The molecule has 1 N–H and O–H groups in total. The molecule has 0 radical (unpaired) electrons. The summed E-state index contributed by atoms with van der Waals surface area (Å²) in [5.74, 6) is -2.07. The first-order valence-electron chi connectivity index (χ1n) is 10.7. The molecule has 1 amide bonds. The maximum atomic E-state index is 13.3. The number of rotatable bonds is 6. The van der Waals surface area contributed by atoms with Gasteiger partial charge in [0.05, 0.1) is 17.8 Å². The zero-order valence-electron chi connectivity index (χ0n) is 18.8. The van der Waals surface area contributed by atoms with E-state index in [9.17, 15) is 36.3 Å². The monoisotopic (exact) mass is 516 g/mol. The Bertz CT molecular complexity index is 1560. The highest BCUT2D eigenvalue weighted by atomic mass is 19.4. The van der Waals surface area contributed by atoms with Crippen LogP contribution in [0.3, 0.4) is 0 Å². The molecular formula is C25H17F5N4O3. The second-order valence-electron chi connectivity index (χ2n) is 7.92. The van der Waals surface area contributed by atoms with Gasteiger partial charge in [0.15, 0.2) is 0 Å². The molecule has 7 nitrogen and oxygen atoms in total. The fourth-order valence-electron chi connectivity index (χ4n) is 3.42. The summed E-state index contributed by atoms with van der Waals surface area (Å²) >= 11 is 0. The number of benzene rings is 3. The number of amides is 1. The fraction of sp³-hybridized carbons (Fsp3) is 0.120. The van der Waals surface area contributed by atoms with Gasteiger partial charge in [0.1, 0.15) is 11.6 Å². The van der Waals surface area contributed by atoms with Crippen LogP contribution in [0.4, 0.5) is 22.0 Å². The number of aromatic nitrogens is 3. The molecule has 0 aliphatic carbocycles. The van der Waals surface area contributed by atoms with E-state index in [1.165, 1.54) is 36.4 Å². The highest BCUT2D eigenvalue weighted by molar-refractivity contribution is 5.91. The summed E-state index contributed by atoms with van der Waals surface area (Å²) in [7, 11) is 0. The average molecular weight is 516 g/mol. The summed E-state index contributed by atoms with van der Waals surface area (Å²) in [6, 6.07) is 13.6. The molecule has 0 atom stereocenters. The Kier molecular flexibility index (Phi) is 7.00. The highest BCUT2D eigenvalue weighted by Gasteiger charge is 2.31. The number of alkyl halides is 3. The van der Waals surface area contributed by atoms with Gasteiger partial charge in [-0.15, -0.1) is 0 Å². The Labute approximate surface area is 205 Å². The number of nitrogens with one attached hydrogen (secondary N) is 1. The maximum absolute atomic E-state index is 13.3. The lowest BCUT2D eigenvalue weighted by molar-refractivity contribution is -0.137. The van der Waals surface area contributed by atoms with Gasteiger partial charge >= 0.3 is 11.9 Å². The smallest absolute Gasteiger partial charge is 0.346 e. The van der Waals surface area contributed by atoms with Gasteiger partial charge in [-0.05, 0) is 53.6 Å². The van der Waals surface area contributed by atoms with Gasteiger partial charge in [-0.3, -0.25) is 14.2 Å². The number of hydrogen-bond acceptors (Lipinski definition) is 4. The van der Waals surface area contributed by atoms with Crippen molar-refractivity contribution in [2.75, 3.05) is 0 Å². The van der Waals surface area contributed by atoms with Crippen molar-refractivity contribution >= 4 is 5.91 Å². The number of hydrogen-bond donors (Lipinski definition) is 1. The van der Waals surface area contributed by atoms with E-state index in [1.54, 1.807) is 0 Å². The first-order valence-corrected chi connectivity index (χ1v) is 10.7. The zero-order chi connectivity index (χ0) is 26.7. The van der Waals surface area contributed by atoms with Crippen molar-refractivity contribution in [2.45, 2.75) is 19.3 Å². The van der Waals surface area contributed by atoms with Crippen LogP contribution in [0.1, 0.15) is 27.2 Å². The third-order valence-electron chi connectivity index (χ3n) is 5.31. The molecule has 0 saturated carbocycles. The highest BCUT2D eigenvalue weighted by Crippen LogP contribution is 2.30.